The normalized spacial score (nSPS) is 11.8. The van der Waals surface area contributed by atoms with Gasteiger partial charge in [0.25, 0.3) is 5.91 Å². The fourth-order valence-electron chi connectivity index (χ4n) is 3.50. The van der Waals surface area contributed by atoms with Crippen LogP contribution in [0.15, 0.2) is 83.2 Å². The van der Waals surface area contributed by atoms with Gasteiger partial charge in [0, 0.05) is 43.3 Å². The lowest BCUT2D eigenvalue weighted by atomic mass is 10.1. The zero-order valence-electron chi connectivity index (χ0n) is 20.6. The van der Waals surface area contributed by atoms with E-state index in [2.05, 4.69) is 6.58 Å². The summed E-state index contributed by atoms with van der Waals surface area (Å²) in [6, 6.07) is 11.0. The second-order valence-corrected chi connectivity index (χ2v) is 7.92. The molecule has 0 radical (unpaired) electrons. The van der Waals surface area contributed by atoms with E-state index in [0.29, 0.717) is 44.0 Å². The first-order chi connectivity index (χ1) is 17.0. The van der Waals surface area contributed by atoms with Gasteiger partial charge in [0.1, 0.15) is 11.5 Å². The van der Waals surface area contributed by atoms with Crippen LogP contribution in [-0.2, 0) is 14.3 Å². The maximum Gasteiger partial charge on any atom is 0.303 e. The summed E-state index contributed by atoms with van der Waals surface area (Å²) < 4.78 is 16.6. The molecule has 0 bridgehead atoms. The lowest BCUT2D eigenvalue weighted by Crippen LogP contribution is -2.35. The van der Waals surface area contributed by atoms with Crippen molar-refractivity contribution in [1.29, 1.82) is 0 Å². The molecular formula is C28H35NO6. The number of nitrogens with zero attached hydrogens (tertiary/aromatic N) is 1. The molecule has 1 amide bonds. The standard InChI is InChI=1S/C28H35NO6/c1-4-10-24(25(5-2)34-18-8-6-7-12-27(30)31)21-29(17-20-33-3)28(32)23-15-13-22(14-16-23)26-11-9-19-35-26/h4-5,9-11,13-16,19H,2,6-8,12,17-18,20-21H2,1,3H3,(H,30,31)/b10-4-,25-24-. The maximum absolute atomic E-state index is 13.4. The Morgan fingerprint density at radius 2 is 1.89 bits per heavy atom. The molecule has 1 heterocycles. The van der Waals surface area contributed by atoms with Crippen LogP contribution < -0.4 is 0 Å². The molecule has 188 valence electrons. The van der Waals surface area contributed by atoms with E-state index in [4.69, 9.17) is 19.0 Å². The minimum Gasteiger partial charge on any atom is -0.493 e. The number of aliphatic carboxylic acids is 1. The number of carboxylic acid groups (broad SMARTS) is 1. The summed E-state index contributed by atoms with van der Waals surface area (Å²) in [5, 5.41) is 8.75. The molecule has 0 spiro atoms. The van der Waals surface area contributed by atoms with Crippen molar-refractivity contribution in [2.24, 2.45) is 0 Å². The van der Waals surface area contributed by atoms with E-state index in [1.54, 1.807) is 36.5 Å². The van der Waals surface area contributed by atoms with Gasteiger partial charge in [-0.15, -0.1) is 0 Å². The molecule has 1 N–H and O–H groups in total. The summed E-state index contributed by atoms with van der Waals surface area (Å²) in [6.45, 7) is 7.36. The topological polar surface area (TPSA) is 89.2 Å². The smallest absolute Gasteiger partial charge is 0.303 e. The van der Waals surface area contributed by atoms with Gasteiger partial charge >= 0.3 is 5.97 Å². The number of furan rings is 1. The van der Waals surface area contributed by atoms with E-state index in [1.165, 1.54) is 0 Å². The van der Waals surface area contributed by atoms with Crippen LogP contribution in [0, 0.1) is 0 Å². The van der Waals surface area contributed by atoms with E-state index < -0.39 is 5.97 Å². The Morgan fingerprint density at radius 1 is 1.11 bits per heavy atom. The molecule has 2 rings (SSSR count). The van der Waals surface area contributed by atoms with Gasteiger partial charge in [0.05, 0.1) is 19.5 Å². The monoisotopic (exact) mass is 481 g/mol. The number of carboxylic acids is 1. The fourth-order valence-corrected chi connectivity index (χ4v) is 3.50. The highest BCUT2D eigenvalue weighted by atomic mass is 16.5. The van der Waals surface area contributed by atoms with E-state index in [1.807, 2.05) is 43.3 Å². The quantitative estimate of drug-likeness (QED) is 0.188. The number of unbranched alkanes of at least 4 members (excludes halogenated alkanes) is 2. The molecule has 7 heteroatoms. The highest BCUT2D eigenvalue weighted by molar-refractivity contribution is 5.94. The molecule has 0 fully saturated rings. The van der Waals surface area contributed by atoms with Crippen molar-refractivity contribution in [2.45, 2.75) is 32.6 Å². The molecule has 0 saturated heterocycles. The van der Waals surface area contributed by atoms with Gasteiger partial charge in [-0.2, -0.15) is 0 Å². The number of ether oxygens (including phenoxy) is 2. The van der Waals surface area contributed by atoms with Crippen molar-refractivity contribution in [1.82, 2.24) is 4.90 Å². The van der Waals surface area contributed by atoms with Crippen molar-refractivity contribution in [3.8, 4) is 11.3 Å². The fraction of sp³-hybridized carbons (Fsp3) is 0.357. The van der Waals surface area contributed by atoms with Crippen LogP contribution in [0.2, 0.25) is 0 Å². The minimum atomic E-state index is -0.788. The minimum absolute atomic E-state index is 0.118. The zero-order chi connectivity index (χ0) is 25.5. The van der Waals surface area contributed by atoms with E-state index in [-0.39, 0.29) is 12.3 Å². The summed E-state index contributed by atoms with van der Waals surface area (Å²) >= 11 is 0. The summed E-state index contributed by atoms with van der Waals surface area (Å²) in [5.74, 6) is 0.440. The Balaban J connectivity index is 2.13. The van der Waals surface area contributed by atoms with Gasteiger partial charge in [0.2, 0.25) is 0 Å². The third-order valence-electron chi connectivity index (χ3n) is 5.31. The molecule has 2 aromatic rings. The average Bonchev–Trinajstić information content (AvgIpc) is 3.40. The number of methoxy groups -OCH3 is 1. The molecule has 1 aromatic carbocycles. The molecule has 0 saturated carbocycles. The molecule has 0 aliphatic carbocycles. The Labute approximate surface area is 207 Å². The van der Waals surface area contributed by atoms with Gasteiger partial charge < -0.3 is 23.9 Å². The van der Waals surface area contributed by atoms with Gasteiger partial charge in [-0.1, -0.05) is 30.9 Å². The number of amides is 1. The predicted molar refractivity (Wildman–Crippen MR) is 136 cm³/mol. The first-order valence-corrected chi connectivity index (χ1v) is 11.7. The third-order valence-corrected chi connectivity index (χ3v) is 5.31. The highest BCUT2D eigenvalue weighted by Crippen LogP contribution is 2.21. The number of rotatable bonds is 16. The number of hydrogen-bond acceptors (Lipinski definition) is 5. The Morgan fingerprint density at radius 3 is 2.49 bits per heavy atom. The van der Waals surface area contributed by atoms with E-state index >= 15 is 0 Å². The van der Waals surface area contributed by atoms with Crippen LogP contribution >= 0.6 is 0 Å². The first kappa shape index (κ1) is 27.7. The predicted octanol–water partition coefficient (Wildman–Crippen LogP) is 5.71. The van der Waals surface area contributed by atoms with E-state index in [0.717, 1.165) is 29.7 Å². The van der Waals surface area contributed by atoms with Crippen molar-refractivity contribution < 1.29 is 28.6 Å². The second kappa shape index (κ2) is 15.3. The molecule has 1 aromatic heterocycles. The van der Waals surface area contributed by atoms with E-state index in [9.17, 15) is 9.59 Å². The second-order valence-electron chi connectivity index (χ2n) is 7.92. The largest absolute Gasteiger partial charge is 0.493 e. The molecule has 0 aliphatic heterocycles. The maximum atomic E-state index is 13.4. The summed E-state index contributed by atoms with van der Waals surface area (Å²) in [5.41, 5.74) is 2.29. The highest BCUT2D eigenvalue weighted by Gasteiger charge is 2.18. The molecule has 35 heavy (non-hydrogen) atoms. The lowest BCUT2D eigenvalue weighted by molar-refractivity contribution is -0.137. The average molecular weight is 482 g/mol. The molecular weight excluding hydrogens is 446 g/mol. The van der Waals surface area contributed by atoms with Crippen molar-refractivity contribution in [3.63, 3.8) is 0 Å². The number of hydrogen-bond donors (Lipinski definition) is 1. The van der Waals surface area contributed by atoms with Gasteiger partial charge in [-0.05, 0) is 56.5 Å². The van der Waals surface area contributed by atoms with Crippen molar-refractivity contribution in [2.75, 3.05) is 33.4 Å². The third kappa shape index (κ3) is 9.29. The number of allylic oxidation sites excluding steroid dienone is 2. The van der Waals surface area contributed by atoms with Gasteiger partial charge in [-0.25, -0.2) is 0 Å². The number of benzene rings is 1. The van der Waals surface area contributed by atoms with Gasteiger partial charge in [0.15, 0.2) is 0 Å². The molecule has 0 unspecified atom stereocenters. The SMILES string of the molecule is C=C/C(OCCCCCC(=O)O)=C(\C=C/C)CN(CCOC)C(=O)c1ccc(-c2ccco2)cc1. The Bertz CT molecular complexity index is 989. The van der Waals surface area contributed by atoms with Gasteiger partial charge in [-0.3, -0.25) is 9.59 Å². The zero-order valence-corrected chi connectivity index (χ0v) is 20.6. The molecule has 7 nitrogen and oxygen atoms in total. The number of carbonyl (C=O) groups is 2. The number of carbonyl (C=O) groups excluding carboxylic acids is 1. The van der Waals surface area contributed by atoms with Crippen LogP contribution in [0.5, 0.6) is 0 Å². The Hall–Kier alpha value is -3.58. The summed E-state index contributed by atoms with van der Waals surface area (Å²) in [7, 11) is 1.60. The molecule has 0 atom stereocenters. The van der Waals surface area contributed by atoms with Crippen molar-refractivity contribution >= 4 is 11.9 Å². The van der Waals surface area contributed by atoms with Crippen LogP contribution in [0.1, 0.15) is 43.0 Å². The molecule has 0 aliphatic rings. The van der Waals surface area contributed by atoms with Crippen molar-refractivity contribution in [3.05, 3.63) is 84.4 Å². The first-order valence-electron chi connectivity index (χ1n) is 11.7. The van der Waals surface area contributed by atoms with Crippen LogP contribution in [-0.4, -0.2) is 55.3 Å². The summed E-state index contributed by atoms with van der Waals surface area (Å²) in [4.78, 5) is 25.7. The van der Waals surface area contributed by atoms with Crippen LogP contribution in [0.3, 0.4) is 0 Å². The summed E-state index contributed by atoms with van der Waals surface area (Å²) in [6.07, 6.45) is 9.35. The van der Waals surface area contributed by atoms with Crippen LogP contribution in [0.25, 0.3) is 11.3 Å². The Kier molecular flexibility index (Phi) is 12.1. The lowest BCUT2D eigenvalue weighted by Gasteiger charge is -2.24. The van der Waals surface area contributed by atoms with Crippen LogP contribution in [0.4, 0.5) is 0 Å².